The van der Waals surface area contributed by atoms with Gasteiger partial charge in [-0.25, -0.2) is 0 Å². The summed E-state index contributed by atoms with van der Waals surface area (Å²) in [6, 6.07) is 5.22. The summed E-state index contributed by atoms with van der Waals surface area (Å²) in [5.41, 5.74) is 1.15. The topological polar surface area (TPSA) is 75.5 Å². The zero-order chi connectivity index (χ0) is 16.4. The van der Waals surface area contributed by atoms with Gasteiger partial charge in [0.1, 0.15) is 0 Å². The lowest BCUT2D eigenvalue weighted by Gasteiger charge is -2.35. The Morgan fingerprint density at radius 2 is 1.96 bits per heavy atom. The van der Waals surface area contributed by atoms with Crippen LogP contribution in [0, 0.1) is 23.0 Å². The highest BCUT2D eigenvalue weighted by Gasteiger charge is 2.30. The number of nitrogens with one attached hydrogen (secondary N) is 1. The first kappa shape index (κ1) is 18.7. The van der Waals surface area contributed by atoms with Gasteiger partial charge in [-0.3, -0.25) is 14.9 Å². The molecular formula is C17H24ClN3O3. The Morgan fingerprint density at radius 1 is 1.25 bits per heavy atom. The van der Waals surface area contributed by atoms with Crippen LogP contribution in [0.2, 0.25) is 0 Å². The Morgan fingerprint density at radius 3 is 2.54 bits per heavy atom. The van der Waals surface area contributed by atoms with Gasteiger partial charge >= 0.3 is 0 Å². The maximum absolute atomic E-state index is 12.6. The van der Waals surface area contributed by atoms with Crippen molar-refractivity contribution in [3.8, 4) is 0 Å². The molecule has 0 radical (unpaired) electrons. The average Bonchev–Trinajstić information content (AvgIpc) is 3.08. The predicted octanol–water partition coefficient (Wildman–Crippen LogP) is 2.93. The summed E-state index contributed by atoms with van der Waals surface area (Å²) in [5, 5.41) is 14.5. The van der Waals surface area contributed by atoms with Crippen LogP contribution in [0.3, 0.4) is 0 Å². The van der Waals surface area contributed by atoms with Crippen LogP contribution in [0.5, 0.6) is 0 Å². The zero-order valence-corrected chi connectivity index (χ0v) is 14.7. The van der Waals surface area contributed by atoms with E-state index in [0.717, 1.165) is 38.0 Å². The number of non-ortho nitro benzene ring substituents is 1. The van der Waals surface area contributed by atoms with Crippen LogP contribution >= 0.6 is 12.4 Å². The molecule has 6 nitrogen and oxygen atoms in total. The van der Waals surface area contributed by atoms with Crippen LogP contribution in [0.1, 0.15) is 41.6 Å². The molecule has 2 fully saturated rings. The van der Waals surface area contributed by atoms with Gasteiger partial charge in [-0.2, -0.15) is 0 Å². The van der Waals surface area contributed by atoms with Crippen LogP contribution in [0.15, 0.2) is 18.2 Å². The van der Waals surface area contributed by atoms with E-state index in [4.69, 9.17) is 0 Å². The summed E-state index contributed by atoms with van der Waals surface area (Å²) in [7, 11) is 0. The molecule has 24 heavy (non-hydrogen) atoms. The number of amides is 1. The van der Waals surface area contributed by atoms with Gasteiger partial charge in [0.2, 0.25) is 0 Å². The number of carbonyl (C=O) groups excluding carboxylic acids is 1. The molecule has 0 aromatic heterocycles. The van der Waals surface area contributed by atoms with E-state index in [9.17, 15) is 14.9 Å². The number of aryl methyl sites for hydroxylation is 1. The number of nitro benzene ring substituents is 1. The summed E-state index contributed by atoms with van der Waals surface area (Å²) in [5.74, 6) is 0.558. The Kier molecular flexibility index (Phi) is 6.18. The molecule has 0 aliphatic carbocycles. The molecule has 1 N–H and O–H groups in total. The number of halogens is 1. The fourth-order valence-corrected chi connectivity index (χ4v) is 3.79. The van der Waals surface area contributed by atoms with E-state index in [2.05, 4.69) is 5.32 Å². The van der Waals surface area contributed by atoms with Gasteiger partial charge in [0.05, 0.1) is 4.92 Å². The number of piperidine rings is 1. The van der Waals surface area contributed by atoms with E-state index in [1.807, 2.05) is 4.90 Å². The Bertz CT molecular complexity index is 609. The highest BCUT2D eigenvalue weighted by Crippen LogP contribution is 2.27. The van der Waals surface area contributed by atoms with E-state index >= 15 is 0 Å². The molecular weight excluding hydrogens is 330 g/mol. The van der Waals surface area contributed by atoms with Gasteiger partial charge in [-0.1, -0.05) is 0 Å². The number of hydrogen-bond donors (Lipinski definition) is 1. The molecule has 0 saturated carbocycles. The lowest BCUT2D eigenvalue weighted by molar-refractivity contribution is -0.384. The van der Waals surface area contributed by atoms with E-state index in [-0.39, 0.29) is 24.0 Å². The average molecular weight is 354 g/mol. The van der Waals surface area contributed by atoms with Gasteiger partial charge in [0.25, 0.3) is 11.6 Å². The van der Waals surface area contributed by atoms with Crippen molar-refractivity contribution in [3.63, 3.8) is 0 Å². The lowest BCUT2D eigenvalue weighted by atomic mass is 9.88. The van der Waals surface area contributed by atoms with Crippen molar-refractivity contribution >= 4 is 24.0 Å². The SMILES string of the molecule is Cc1cc(C(=O)N2CCC(C3CCCN3)CC2)cc([N+](=O)[O-])c1.Cl. The summed E-state index contributed by atoms with van der Waals surface area (Å²) in [6.45, 7) is 4.37. The third-order valence-electron chi connectivity index (χ3n) is 5.01. The van der Waals surface area contributed by atoms with Crippen molar-refractivity contribution in [3.05, 3.63) is 39.4 Å². The lowest BCUT2D eigenvalue weighted by Crippen LogP contribution is -2.43. The largest absolute Gasteiger partial charge is 0.339 e. The van der Waals surface area contributed by atoms with Crippen molar-refractivity contribution in [2.75, 3.05) is 19.6 Å². The van der Waals surface area contributed by atoms with Gasteiger partial charge in [-0.05, 0) is 56.7 Å². The van der Waals surface area contributed by atoms with Gasteiger partial charge < -0.3 is 10.2 Å². The molecule has 3 rings (SSSR count). The first-order valence-corrected chi connectivity index (χ1v) is 8.33. The Labute approximate surface area is 148 Å². The summed E-state index contributed by atoms with van der Waals surface area (Å²) in [4.78, 5) is 25.0. The van der Waals surface area contributed by atoms with Crippen LogP contribution in [-0.4, -0.2) is 41.4 Å². The first-order chi connectivity index (χ1) is 11.0. The number of likely N-dealkylation sites (tertiary alicyclic amines) is 1. The number of carbonyl (C=O) groups is 1. The molecule has 1 amide bonds. The van der Waals surface area contributed by atoms with Crippen molar-refractivity contribution in [2.45, 2.75) is 38.6 Å². The van der Waals surface area contributed by atoms with Crippen molar-refractivity contribution < 1.29 is 9.72 Å². The van der Waals surface area contributed by atoms with Crippen molar-refractivity contribution in [1.29, 1.82) is 0 Å². The number of nitrogens with zero attached hydrogens (tertiary/aromatic N) is 2. The molecule has 2 heterocycles. The molecule has 0 bridgehead atoms. The molecule has 1 atom stereocenters. The van der Waals surface area contributed by atoms with Gasteiger partial charge in [0.15, 0.2) is 0 Å². The van der Waals surface area contributed by atoms with Crippen molar-refractivity contribution in [1.82, 2.24) is 10.2 Å². The zero-order valence-electron chi connectivity index (χ0n) is 13.9. The second kappa shape index (κ2) is 7.94. The van der Waals surface area contributed by atoms with Crippen LogP contribution in [-0.2, 0) is 0 Å². The normalized spacial score (nSPS) is 21.4. The Hall–Kier alpha value is -1.66. The third-order valence-corrected chi connectivity index (χ3v) is 5.01. The maximum atomic E-state index is 12.6. The molecule has 1 unspecified atom stereocenters. The summed E-state index contributed by atoms with van der Waals surface area (Å²) < 4.78 is 0. The number of rotatable bonds is 3. The molecule has 2 aliphatic heterocycles. The van der Waals surface area contributed by atoms with E-state index in [0.29, 0.717) is 17.5 Å². The van der Waals surface area contributed by atoms with Gasteiger partial charge in [0, 0.05) is 36.8 Å². The first-order valence-electron chi connectivity index (χ1n) is 8.33. The van der Waals surface area contributed by atoms with E-state index < -0.39 is 4.92 Å². The quantitative estimate of drug-likeness (QED) is 0.669. The molecule has 7 heteroatoms. The minimum absolute atomic E-state index is 0. The fourth-order valence-electron chi connectivity index (χ4n) is 3.79. The van der Waals surface area contributed by atoms with Crippen LogP contribution < -0.4 is 5.32 Å². The minimum atomic E-state index is -0.443. The predicted molar refractivity (Wildman–Crippen MR) is 94.7 cm³/mol. The second-order valence-electron chi connectivity index (χ2n) is 6.65. The molecule has 132 valence electrons. The summed E-state index contributed by atoms with van der Waals surface area (Å²) in [6.07, 6.45) is 4.51. The number of nitro groups is 1. The van der Waals surface area contributed by atoms with Crippen LogP contribution in [0.25, 0.3) is 0 Å². The monoisotopic (exact) mass is 353 g/mol. The van der Waals surface area contributed by atoms with Crippen molar-refractivity contribution in [2.24, 2.45) is 5.92 Å². The molecule has 2 aliphatic rings. The minimum Gasteiger partial charge on any atom is -0.339 e. The molecule has 2 saturated heterocycles. The Balaban J connectivity index is 0.00000208. The third kappa shape index (κ3) is 4.05. The van der Waals surface area contributed by atoms with Crippen LogP contribution in [0.4, 0.5) is 5.69 Å². The highest BCUT2D eigenvalue weighted by atomic mass is 35.5. The fraction of sp³-hybridized carbons (Fsp3) is 0.588. The maximum Gasteiger partial charge on any atom is 0.270 e. The number of hydrogen-bond acceptors (Lipinski definition) is 4. The highest BCUT2D eigenvalue weighted by molar-refractivity contribution is 5.95. The molecule has 0 spiro atoms. The molecule has 1 aromatic carbocycles. The van der Waals surface area contributed by atoms with E-state index in [1.165, 1.54) is 25.0 Å². The molecule has 1 aromatic rings. The second-order valence-corrected chi connectivity index (χ2v) is 6.65. The smallest absolute Gasteiger partial charge is 0.270 e. The summed E-state index contributed by atoms with van der Waals surface area (Å²) >= 11 is 0. The number of benzene rings is 1. The van der Waals surface area contributed by atoms with E-state index in [1.54, 1.807) is 13.0 Å². The van der Waals surface area contributed by atoms with Gasteiger partial charge in [-0.15, -0.1) is 12.4 Å². The standard InChI is InChI=1S/C17H23N3O3.ClH/c1-12-9-14(11-15(10-12)20(22)23)17(21)19-7-4-13(5-8-19)16-3-2-6-18-16;/h9-11,13,16,18H,2-8H2,1H3;1H.